The highest BCUT2D eigenvalue weighted by molar-refractivity contribution is 14.1. The van der Waals surface area contributed by atoms with Gasteiger partial charge in [-0.15, -0.1) is 5.10 Å². The highest BCUT2D eigenvalue weighted by atomic mass is 127. The number of ketones is 1. The van der Waals surface area contributed by atoms with Gasteiger partial charge in [0.05, 0.1) is 16.0 Å². The second-order valence-corrected chi connectivity index (χ2v) is 13.7. The fourth-order valence-corrected chi connectivity index (χ4v) is 5.65. The minimum atomic E-state index is -0.706. The number of hydrogen-bond donors (Lipinski definition) is 1. The number of benzene rings is 1. The number of nitrogens with zero attached hydrogens (tertiary/aromatic N) is 2. The molecule has 0 atom stereocenters. The van der Waals surface area contributed by atoms with E-state index < -0.39 is 11.4 Å². The maximum Gasteiger partial charge on any atom is 0.309 e. The van der Waals surface area contributed by atoms with Crippen LogP contribution < -0.4 is 15.3 Å². The molecule has 1 N–H and O–H groups in total. The Balaban J connectivity index is 0.000000306. The van der Waals surface area contributed by atoms with E-state index in [0.717, 1.165) is 41.3 Å². The molecule has 2 aliphatic carbocycles. The quantitative estimate of drug-likeness (QED) is 0.190. The van der Waals surface area contributed by atoms with Crippen LogP contribution in [0, 0.1) is 34.7 Å². The summed E-state index contributed by atoms with van der Waals surface area (Å²) in [6, 6.07) is 4.68. The van der Waals surface area contributed by atoms with Crippen molar-refractivity contribution in [1.82, 2.24) is 9.78 Å². The molecule has 0 spiro atoms. The molecule has 1 heterocycles. The molecule has 44 heavy (non-hydrogen) atoms. The minimum absolute atomic E-state index is 0.0243. The molecule has 7 heteroatoms. The number of aryl methyl sites for hydroxylation is 3. The molecule has 1 aromatic heterocycles. The van der Waals surface area contributed by atoms with Gasteiger partial charge in [-0.25, -0.2) is 0 Å². The summed E-state index contributed by atoms with van der Waals surface area (Å²) in [6.07, 6.45) is 10.9. The lowest BCUT2D eigenvalue weighted by Gasteiger charge is -2.33. The van der Waals surface area contributed by atoms with Crippen LogP contribution in [0.15, 0.2) is 23.8 Å². The van der Waals surface area contributed by atoms with Crippen LogP contribution in [0.25, 0.3) is 11.6 Å². The van der Waals surface area contributed by atoms with Crippen LogP contribution in [0.2, 0.25) is 0 Å². The van der Waals surface area contributed by atoms with E-state index >= 15 is 0 Å². The first-order valence-corrected chi connectivity index (χ1v) is 16.7. The van der Waals surface area contributed by atoms with E-state index in [1.807, 2.05) is 18.7 Å². The molecule has 4 rings (SSSR count). The number of carbonyl (C=O) groups excluding carboxylic acids is 1. The molecule has 240 valence electrons. The Morgan fingerprint density at radius 2 is 1.73 bits per heavy atom. The van der Waals surface area contributed by atoms with Crippen molar-refractivity contribution >= 4 is 46.0 Å². The summed E-state index contributed by atoms with van der Waals surface area (Å²) in [6.45, 7) is 17.7. The van der Waals surface area contributed by atoms with Gasteiger partial charge < -0.3 is 9.84 Å². The molecule has 0 radical (unpaired) electrons. The lowest BCUT2D eigenvalue weighted by atomic mass is 9.75. The van der Waals surface area contributed by atoms with Gasteiger partial charge in [-0.1, -0.05) is 36.1 Å². The number of carbonyl (C=O) groups is 2. The molecular weight excluding hydrogens is 663 g/mol. The average molecular weight is 715 g/mol. The average Bonchev–Trinajstić information content (AvgIpc) is 3.74. The minimum Gasteiger partial charge on any atom is -0.481 e. The Morgan fingerprint density at radius 3 is 2.18 bits per heavy atom. The maximum absolute atomic E-state index is 11.4. The monoisotopic (exact) mass is 714 g/mol. The van der Waals surface area contributed by atoms with Crippen molar-refractivity contribution in [3.05, 3.63) is 54.6 Å². The van der Waals surface area contributed by atoms with Gasteiger partial charge in [-0.3, -0.25) is 14.3 Å². The molecule has 0 amide bonds. The van der Waals surface area contributed by atoms with Gasteiger partial charge in [0.1, 0.15) is 6.10 Å². The topological polar surface area (TPSA) is 81.4 Å². The maximum atomic E-state index is 11.4. The Labute approximate surface area is 278 Å². The molecule has 1 aromatic carbocycles. The standard InChI is InChI=1S/C21H32N2O3.C11H13I.C5H6O/c1-7-15(4)8-9-17-18(14(2)3)19(22-23(17)6)26-16-10-12-21(5,13-11-16)20(24)25;1-7-5-8(2)11(12)6-10(7)9-3-4-9;1-3-4-5(2)6/h8-9,16H,7,10-13H2,1-6H3,(H,24,25);5-6,9H,3-4H2,1-2H3;1-2H3/b15-8+,17-9+;;. The number of halogens is 1. The second kappa shape index (κ2) is 17.0. The fraction of sp³-hybridized carbons (Fsp3) is 0.541. The van der Waals surface area contributed by atoms with Gasteiger partial charge in [-0.2, -0.15) is 0 Å². The van der Waals surface area contributed by atoms with Crippen molar-refractivity contribution in [2.24, 2.45) is 12.5 Å². The first-order chi connectivity index (χ1) is 20.6. The van der Waals surface area contributed by atoms with Gasteiger partial charge in [0, 0.05) is 17.5 Å². The molecule has 0 unspecified atom stereocenters. The van der Waals surface area contributed by atoms with Gasteiger partial charge >= 0.3 is 5.97 Å². The summed E-state index contributed by atoms with van der Waals surface area (Å²) in [5.41, 5.74) is 6.33. The molecule has 0 bridgehead atoms. The summed E-state index contributed by atoms with van der Waals surface area (Å²) in [5.74, 6) is 5.55. The van der Waals surface area contributed by atoms with E-state index in [0.29, 0.717) is 18.7 Å². The predicted molar refractivity (Wildman–Crippen MR) is 189 cm³/mol. The van der Waals surface area contributed by atoms with Crippen molar-refractivity contribution in [3.8, 4) is 17.7 Å². The van der Waals surface area contributed by atoms with Crippen molar-refractivity contribution in [3.63, 3.8) is 0 Å². The third-order valence-corrected chi connectivity index (χ3v) is 9.50. The van der Waals surface area contributed by atoms with E-state index in [1.165, 1.54) is 40.0 Å². The van der Waals surface area contributed by atoms with Crippen LogP contribution in [-0.2, 0) is 16.6 Å². The summed E-state index contributed by atoms with van der Waals surface area (Å²) in [7, 11) is 1.93. The van der Waals surface area contributed by atoms with E-state index in [2.05, 4.69) is 105 Å². The van der Waals surface area contributed by atoms with Crippen LogP contribution in [0.5, 0.6) is 5.88 Å². The van der Waals surface area contributed by atoms with Crippen LogP contribution in [0.3, 0.4) is 0 Å². The zero-order valence-corrected chi connectivity index (χ0v) is 30.5. The summed E-state index contributed by atoms with van der Waals surface area (Å²) >= 11 is 2.43. The van der Waals surface area contributed by atoms with Gasteiger partial charge in [0.15, 0.2) is 0 Å². The number of Topliss-reactive ketones (excluding diaryl/α,β-unsaturated/α-hetero) is 1. The summed E-state index contributed by atoms with van der Waals surface area (Å²) in [5, 5.41) is 16.1. The van der Waals surface area contributed by atoms with E-state index in [9.17, 15) is 14.7 Å². The summed E-state index contributed by atoms with van der Waals surface area (Å²) in [4.78, 5) is 21.3. The number of allylic oxidation sites excluding steroid dienone is 2. The number of aliphatic carboxylic acids is 1. The molecule has 0 aliphatic heterocycles. The zero-order chi connectivity index (χ0) is 33.2. The third kappa shape index (κ3) is 10.9. The van der Waals surface area contributed by atoms with Crippen molar-refractivity contribution in [2.45, 2.75) is 119 Å². The molecule has 2 fully saturated rings. The van der Waals surface area contributed by atoms with E-state index in [4.69, 9.17) is 4.74 Å². The van der Waals surface area contributed by atoms with Crippen LogP contribution in [0.4, 0.5) is 0 Å². The van der Waals surface area contributed by atoms with Crippen molar-refractivity contribution < 1.29 is 19.4 Å². The van der Waals surface area contributed by atoms with E-state index in [-0.39, 0.29) is 11.9 Å². The third-order valence-electron chi connectivity index (χ3n) is 8.34. The smallest absolute Gasteiger partial charge is 0.309 e. The van der Waals surface area contributed by atoms with Gasteiger partial charge in [0.2, 0.25) is 11.7 Å². The lowest BCUT2D eigenvalue weighted by Crippen LogP contribution is -2.37. The first-order valence-electron chi connectivity index (χ1n) is 15.6. The van der Waals surface area contributed by atoms with Crippen molar-refractivity contribution in [2.75, 3.05) is 0 Å². The number of carboxylic acids is 1. The molecule has 2 aliphatic rings. The fourth-order valence-electron chi connectivity index (χ4n) is 5.16. The Hall–Kier alpha value is -2.86. The number of rotatable bonds is 6. The molecule has 0 saturated heterocycles. The number of hydrogen-bond acceptors (Lipinski definition) is 4. The Kier molecular flexibility index (Phi) is 14.4. The highest BCUT2D eigenvalue weighted by Gasteiger charge is 2.38. The SMILES string of the molecule is CC#CC(C)=O.CC/C(C)=C/C=c1\c(=C(C)C)c(OC2CCC(C)(C(=O)O)CC2)nn1C.Cc1cc(C)c(C2CC2)cc1I. The van der Waals surface area contributed by atoms with Crippen LogP contribution in [-0.4, -0.2) is 32.7 Å². The van der Waals surface area contributed by atoms with Gasteiger partial charge in [-0.05, 0) is 157 Å². The molecule has 2 aromatic rings. The first kappa shape index (κ1) is 37.3. The Bertz CT molecular complexity index is 1540. The van der Waals surface area contributed by atoms with E-state index in [1.54, 1.807) is 12.5 Å². The predicted octanol–water partition coefficient (Wildman–Crippen LogP) is 7.54. The highest BCUT2D eigenvalue weighted by Crippen LogP contribution is 2.42. The Morgan fingerprint density at radius 1 is 1.11 bits per heavy atom. The molecule has 2 saturated carbocycles. The normalized spacial score (nSPS) is 19.8. The van der Waals surface area contributed by atoms with Crippen molar-refractivity contribution in [1.29, 1.82) is 0 Å². The largest absolute Gasteiger partial charge is 0.481 e. The van der Waals surface area contributed by atoms with Crippen LogP contribution >= 0.6 is 22.6 Å². The zero-order valence-electron chi connectivity index (χ0n) is 28.4. The number of ether oxygens (including phenoxy) is 1. The second-order valence-electron chi connectivity index (χ2n) is 12.6. The number of carboxylic acid groups (broad SMARTS) is 1. The summed E-state index contributed by atoms with van der Waals surface area (Å²) < 4.78 is 9.51. The molecule has 6 nitrogen and oxygen atoms in total. The van der Waals surface area contributed by atoms with Crippen LogP contribution in [0.1, 0.15) is 116 Å². The number of aromatic nitrogens is 2. The lowest BCUT2D eigenvalue weighted by molar-refractivity contribution is -0.150. The molecular formula is C37H51IN2O4. The van der Waals surface area contributed by atoms with Gasteiger partial charge in [0.25, 0.3) is 0 Å².